The summed E-state index contributed by atoms with van der Waals surface area (Å²) in [6.07, 6.45) is 0. The predicted octanol–water partition coefficient (Wildman–Crippen LogP) is 0.970. The molecule has 0 saturated carbocycles. The lowest BCUT2D eigenvalue weighted by Gasteiger charge is -2.09. The van der Waals surface area contributed by atoms with E-state index in [4.69, 9.17) is 4.74 Å². The number of benzene rings is 1. The highest BCUT2D eigenvalue weighted by atomic mass is 16.5. The number of hydrogen-bond acceptors (Lipinski definition) is 4. The fraction of sp³-hybridized carbons (Fsp3) is 0.267. The first-order chi connectivity index (χ1) is 10.5. The van der Waals surface area contributed by atoms with E-state index in [1.54, 1.807) is 28.9 Å². The Labute approximate surface area is 128 Å². The molecule has 1 aromatic heterocycles. The fourth-order valence-corrected chi connectivity index (χ4v) is 1.97. The number of carbonyl (C=O) groups excluding carboxylic acids is 2. The molecule has 7 heteroatoms. The Morgan fingerprint density at radius 1 is 1.23 bits per heavy atom. The first kappa shape index (κ1) is 15.6. The topological polar surface area (TPSA) is 85.3 Å². The monoisotopic (exact) mass is 302 g/mol. The molecule has 2 rings (SSSR count). The molecule has 0 unspecified atom stereocenters. The lowest BCUT2D eigenvalue weighted by molar-refractivity contribution is -0.122. The summed E-state index contributed by atoms with van der Waals surface area (Å²) < 4.78 is 6.62. The molecule has 2 aromatic rings. The maximum absolute atomic E-state index is 11.9. The normalized spacial score (nSPS) is 10.1. The van der Waals surface area contributed by atoms with Crippen molar-refractivity contribution in [1.82, 2.24) is 20.6 Å². The summed E-state index contributed by atoms with van der Waals surface area (Å²) >= 11 is 0. The number of nitrogens with zero attached hydrogens (tertiary/aromatic N) is 2. The second-order valence-corrected chi connectivity index (χ2v) is 4.82. The molecule has 116 valence electrons. The molecule has 0 spiro atoms. The van der Waals surface area contributed by atoms with Gasteiger partial charge in [-0.3, -0.25) is 25.1 Å². The van der Waals surface area contributed by atoms with Crippen LogP contribution in [-0.4, -0.2) is 28.7 Å². The second-order valence-electron chi connectivity index (χ2n) is 4.82. The third-order valence-corrected chi connectivity index (χ3v) is 3.04. The Kier molecular flexibility index (Phi) is 4.77. The highest BCUT2D eigenvalue weighted by Crippen LogP contribution is 2.11. The van der Waals surface area contributed by atoms with E-state index in [2.05, 4.69) is 16.0 Å². The van der Waals surface area contributed by atoms with Gasteiger partial charge in [-0.15, -0.1) is 0 Å². The highest BCUT2D eigenvalue weighted by Gasteiger charge is 2.10. The van der Waals surface area contributed by atoms with Crippen LogP contribution in [0, 0.1) is 13.8 Å². The average Bonchev–Trinajstić information content (AvgIpc) is 2.82. The third-order valence-electron chi connectivity index (χ3n) is 3.04. The smallest absolute Gasteiger partial charge is 0.269 e. The van der Waals surface area contributed by atoms with Crippen LogP contribution in [-0.2, 0) is 11.3 Å². The maximum atomic E-state index is 11.9. The van der Waals surface area contributed by atoms with Crippen molar-refractivity contribution in [2.45, 2.75) is 20.4 Å². The fourth-order valence-electron chi connectivity index (χ4n) is 1.97. The first-order valence-corrected chi connectivity index (χ1v) is 6.74. The molecule has 0 saturated heterocycles. The van der Waals surface area contributed by atoms with Crippen LogP contribution in [0.5, 0.6) is 5.75 Å². The van der Waals surface area contributed by atoms with E-state index in [9.17, 15) is 9.59 Å². The van der Waals surface area contributed by atoms with Gasteiger partial charge >= 0.3 is 0 Å². The van der Waals surface area contributed by atoms with E-state index in [0.29, 0.717) is 11.3 Å². The number of nitrogens with one attached hydrogen (secondary N) is 2. The standard InChI is InChI=1S/C15H18N4O3/c1-10-7-11(2)19(18-10)9-14(20)16-17-15(21)12-5-4-6-13(8-12)22-3/h4-8H,9H2,1-3H3,(H,16,20)(H,17,21). The zero-order chi connectivity index (χ0) is 16.1. The number of methoxy groups -OCH3 is 1. The maximum Gasteiger partial charge on any atom is 0.269 e. The molecule has 0 aliphatic heterocycles. The van der Waals surface area contributed by atoms with E-state index in [0.717, 1.165) is 11.4 Å². The van der Waals surface area contributed by atoms with Crippen molar-refractivity contribution in [3.8, 4) is 5.75 Å². The zero-order valence-electron chi connectivity index (χ0n) is 12.7. The van der Waals surface area contributed by atoms with Gasteiger partial charge < -0.3 is 4.74 Å². The number of amides is 2. The summed E-state index contributed by atoms with van der Waals surface area (Å²) in [5, 5.41) is 4.18. The summed E-state index contributed by atoms with van der Waals surface area (Å²) in [4.78, 5) is 23.8. The van der Waals surface area contributed by atoms with Crippen LogP contribution < -0.4 is 15.6 Å². The lowest BCUT2D eigenvalue weighted by atomic mass is 10.2. The van der Waals surface area contributed by atoms with Crippen molar-refractivity contribution >= 4 is 11.8 Å². The van der Waals surface area contributed by atoms with Crippen LogP contribution in [0.15, 0.2) is 30.3 Å². The summed E-state index contributed by atoms with van der Waals surface area (Å²) in [6.45, 7) is 3.76. The molecule has 1 aromatic carbocycles. The summed E-state index contributed by atoms with van der Waals surface area (Å²) in [5.41, 5.74) is 6.84. The molecule has 1 heterocycles. The molecule has 0 aliphatic rings. The Bertz CT molecular complexity index is 694. The van der Waals surface area contributed by atoms with Crippen LogP contribution in [0.2, 0.25) is 0 Å². The number of carbonyl (C=O) groups is 2. The molecule has 0 bridgehead atoms. The largest absolute Gasteiger partial charge is 0.497 e. The predicted molar refractivity (Wildman–Crippen MR) is 80.3 cm³/mol. The van der Waals surface area contributed by atoms with E-state index < -0.39 is 5.91 Å². The molecule has 2 N–H and O–H groups in total. The van der Waals surface area contributed by atoms with Gasteiger partial charge in [0.1, 0.15) is 12.3 Å². The summed E-state index contributed by atoms with van der Waals surface area (Å²) in [6, 6.07) is 8.53. The molecule has 0 fully saturated rings. The number of aryl methyl sites for hydroxylation is 2. The molecule has 22 heavy (non-hydrogen) atoms. The van der Waals surface area contributed by atoms with Gasteiger partial charge in [-0.2, -0.15) is 5.10 Å². The number of hydrazine groups is 1. The quantitative estimate of drug-likeness (QED) is 0.824. The lowest BCUT2D eigenvalue weighted by Crippen LogP contribution is -2.43. The highest BCUT2D eigenvalue weighted by molar-refractivity contribution is 5.95. The minimum absolute atomic E-state index is 0.0397. The molecule has 0 aliphatic carbocycles. The molecule has 0 radical (unpaired) electrons. The Morgan fingerprint density at radius 2 is 2.00 bits per heavy atom. The first-order valence-electron chi connectivity index (χ1n) is 6.74. The summed E-state index contributed by atoms with van der Waals surface area (Å²) in [7, 11) is 1.52. The van der Waals surface area contributed by atoms with Crippen molar-refractivity contribution in [3.05, 3.63) is 47.3 Å². The molecular weight excluding hydrogens is 284 g/mol. The van der Waals surface area contributed by atoms with Crippen molar-refractivity contribution in [1.29, 1.82) is 0 Å². The third kappa shape index (κ3) is 3.85. The minimum Gasteiger partial charge on any atom is -0.497 e. The Hall–Kier alpha value is -2.83. The molecular formula is C15H18N4O3. The number of ether oxygens (including phenoxy) is 1. The van der Waals surface area contributed by atoms with Crippen LogP contribution >= 0.6 is 0 Å². The number of hydrogen-bond donors (Lipinski definition) is 2. The van der Waals surface area contributed by atoms with Crippen molar-refractivity contribution in [2.75, 3.05) is 7.11 Å². The molecule has 2 amide bonds. The van der Waals surface area contributed by atoms with Gasteiger partial charge in [0.15, 0.2) is 0 Å². The van der Waals surface area contributed by atoms with Crippen molar-refractivity contribution in [3.63, 3.8) is 0 Å². The average molecular weight is 302 g/mol. The van der Waals surface area contributed by atoms with Gasteiger partial charge in [0, 0.05) is 11.3 Å². The number of aromatic nitrogens is 2. The summed E-state index contributed by atoms with van der Waals surface area (Å²) in [5.74, 6) is -0.204. The second kappa shape index (κ2) is 6.75. The number of rotatable bonds is 4. The zero-order valence-corrected chi connectivity index (χ0v) is 12.7. The van der Waals surface area contributed by atoms with E-state index >= 15 is 0 Å². The van der Waals surface area contributed by atoms with Gasteiger partial charge in [0.25, 0.3) is 11.8 Å². The van der Waals surface area contributed by atoms with Crippen LogP contribution in [0.3, 0.4) is 0 Å². The Morgan fingerprint density at radius 3 is 2.64 bits per heavy atom. The van der Waals surface area contributed by atoms with E-state index in [1.165, 1.54) is 7.11 Å². The van der Waals surface area contributed by atoms with Gasteiger partial charge in [-0.25, -0.2) is 0 Å². The minimum atomic E-state index is -0.416. The van der Waals surface area contributed by atoms with E-state index in [1.807, 2.05) is 19.9 Å². The van der Waals surface area contributed by atoms with Crippen molar-refractivity contribution < 1.29 is 14.3 Å². The SMILES string of the molecule is COc1cccc(C(=O)NNC(=O)Cn2nc(C)cc2C)c1. The van der Waals surface area contributed by atoms with Crippen LogP contribution in [0.4, 0.5) is 0 Å². The van der Waals surface area contributed by atoms with Gasteiger partial charge in [0.2, 0.25) is 0 Å². The van der Waals surface area contributed by atoms with Gasteiger partial charge in [-0.05, 0) is 38.1 Å². The van der Waals surface area contributed by atoms with Crippen LogP contribution in [0.1, 0.15) is 21.7 Å². The molecule has 7 nitrogen and oxygen atoms in total. The van der Waals surface area contributed by atoms with E-state index in [-0.39, 0.29) is 12.5 Å². The van der Waals surface area contributed by atoms with Crippen LogP contribution in [0.25, 0.3) is 0 Å². The van der Waals surface area contributed by atoms with Gasteiger partial charge in [-0.1, -0.05) is 6.07 Å². The van der Waals surface area contributed by atoms with Crippen molar-refractivity contribution in [2.24, 2.45) is 0 Å². The Balaban J connectivity index is 1.90. The molecule has 0 atom stereocenters. The van der Waals surface area contributed by atoms with Gasteiger partial charge in [0.05, 0.1) is 12.8 Å².